The molecule has 0 aliphatic heterocycles. The maximum atomic E-state index is 13.0. The highest BCUT2D eigenvalue weighted by Crippen LogP contribution is 2.10. The molecular formula is C14H23FIN3O. The number of hydrogen-bond acceptors (Lipinski definition) is 2. The molecule has 0 fully saturated rings. The van der Waals surface area contributed by atoms with Crippen LogP contribution < -0.4 is 10.6 Å². The highest BCUT2D eigenvalue weighted by atomic mass is 127. The standard InChI is InChI=1S/C14H22FN3O.HI/c1-11-10-13(15)5-4-12(11)6-7-17-14(16-2)18-8-9-19-3;/h4-5,10H,6-9H2,1-3H3,(H2,16,17,18);1H. The van der Waals surface area contributed by atoms with E-state index in [1.807, 2.05) is 13.0 Å². The first-order chi connectivity index (χ1) is 9.17. The van der Waals surface area contributed by atoms with Gasteiger partial charge in [-0.2, -0.15) is 0 Å². The molecule has 0 radical (unpaired) electrons. The Balaban J connectivity index is 0.00000361. The van der Waals surface area contributed by atoms with Crippen molar-refractivity contribution in [2.45, 2.75) is 13.3 Å². The van der Waals surface area contributed by atoms with Crippen molar-refractivity contribution in [2.24, 2.45) is 4.99 Å². The number of ether oxygens (including phenoxy) is 1. The van der Waals surface area contributed by atoms with E-state index in [1.165, 1.54) is 6.07 Å². The molecule has 0 bridgehead atoms. The van der Waals surface area contributed by atoms with Crippen molar-refractivity contribution in [2.75, 3.05) is 33.9 Å². The van der Waals surface area contributed by atoms with Crippen molar-refractivity contribution in [3.8, 4) is 0 Å². The van der Waals surface area contributed by atoms with Crippen molar-refractivity contribution >= 4 is 29.9 Å². The van der Waals surface area contributed by atoms with Gasteiger partial charge in [0.2, 0.25) is 0 Å². The summed E-state index contributed by atoms with van der Waals surface area (Å²) >= 11 is 0. The van der Waals surface area contributed by atoms with Crippen LogP contribution in [0.5, 0.6) is 0 Å². The van der Waals surface area contributed by atoms with Crippen LogP contribution in [0, 0.1) is 12.7 Å². The van der Waals surface area contributed by atoms with Crippen molar-refractivity contribution < 1.29 is 9.13 Å². The number of aryl methyl sites for hydroxylation is 1. The molecule has 0 amide bonds. The molecule has 4 nitrogen and oxygen atoms in total. The summed E-state index contributed by atoms with van der Waals surface area (Å²) in [5, 5.41) is 6.34. The van der Waals surface area contributed by atoms with Gasteiger partial charge in [-0.1, -0.05) is 6.07 Å². The van der Waals surface area contributed by atoms with E-state index in [0.717, 1.165) is 30.1 Å². The minimum atomic E-state index is -0.189. The second-order valence-corrected chi connectivity index (χ2v) is 4.24. The molecule has 0 heterocycles. The smallest absolute Gasteiger partial charge is 0.191 e. The number of nitrogens with zero attached hydrogens (tertiary/aromatic N) is 1. The van der Waals surface area contributed by atoms with Crippen molar-refractivity contribution in [1.82, 2.24) is 10.6 Å². The summed E-state index contributed by atoms with van der Waals surface area (Å²) in [6.45, 7) is 4.02. The average Bonchev–Trinajstić information content (AvgIpc) is 2.39. The van der Waals surface area contributed by atoms with Crippen LogP contribution in [-0.4, -0.2) is 39.8 Å². The minimum Gasteiger partial charge on any atom is -0.383 e. The van der Waals surface area contributed by atoms with E-state index in [2.05, 4.69) is 15.6 Å². The van der Waals surface area contributed by atoms with Gasteiger partial charge < -0.3 is 15.4 Å². The average molecular weight is 395 g/mol. The van der Waals surface area contributed by atoms with Gasteiger partial charge in [-0.3, -0.25) is 4.99 Å². The normalized spacial score (nSPS) is 10.9. The molecule has 6 heteroatoms. The largest absolute Gasteiger partial charge is 0.383 e. The third-order valence-electron chi connectivity index (χ3n) is 2.81. The third kappa shape index (κ3) is 7.04. The summed E-state index contributed by atoms with van der Waals surface area (Å²) in [5.74, 6) is 0.558. The van der Waals surface area contributed by atoms with Gasteiger partial charge in [0.15, 0.2) is 5.96 Å². The maximum Gasteiger partial charge on any atom is 0.191 e. The Labute approximate surface area is 137 Å². The number of rotatable bonds is 6. The van der Waals surface area contributed by atoms with E-state index in [1.54, 1.807) is 20.2 Å². The van der Waals surface area contributed by atoms with Crippen LogP contribution >= 0.6 is 24.0 Å². The Morgan fingerprint density at radius 3 is 2.60 bits per heavy atom. The molecule has 0 atom stereocenters. The van der Waals surface area contributed by atoms with Gasteiger partial charge in [0.05, 0.1) is 6.61 Å². The van der Waals surface area contributed by atoms with E-state index in [4.69, 9.17) is 4.74 Å². The van der Waals surface area contributed by atoms with Gasteiger partial charge >= 0.3 is 0 Å². The molecule has 1 aromatic carbocycles. The molecule has 20 heavy (non-hydrogen) atoms. The lowest BCUT2D eigenvalue weighted by Crippen LogP contribution is -2.39. The number of benzene rings is 1. The van der Waals surface area contributed by atoms with Crippen molar-refractivity contribution in [3.63, 3.8) is 0 Å². The lowest BCUT2D eigenvalue weighted by Gasteiger charge is -2.12. The second-order valence-electron chi connectivity index (χ2n) is 4.24. The van der Waals surface area contributed by atoms with E-state index in [9.17, 15) is 4.39 Å². The molecule has 0 aromatic heterocycles. The molecule has 0 saturated carbocycles. The van der Waals surface area contributed by atoms with Crippen molar-refractivity contribution in [1.29, 1.82) is 0 Å². The zero-order valence-corrected chi connectivity index (χ0v) is 14.5. The summed E-state index contributed by atoms with van der Waals surface area (Å²) < 4.78 is 17.9. The monoisotopic (exact) mass is 395 g/mol. The Kier molecular flexibility index (Phi) is 10.4. The summed E-state index contributed by atoms with van der Waals surface area (Å²) in [4.78, 5) is 4.11. The first-order valence-electron chi connectivity index (χ1n) is 6.36. The van der Waals surface area contributed by atoms with E-state index < -0.39 is 0 Å². The highest BCUT2D eigenvalue weighted by Gasteiger charge is 2.01. The summed E-state index contributed by atoms with van der Waals surface area (Å²) in [6.07, 6.45) is 0.830. The van der Waals surface area contributed by atoms with E-state index in [-0.39, 0.29) is 29.8 Å². The zero-order chi connectivity index (χ0) is 14.1. The predicted molar refractivity (Wildman–Crippen MR) is 91.5 cm³/mol. The lowest BCUT2D eigenvalue weighted by molar-refractivity contribution is 0.203. The molecule has 114 valence electrons. The third-order valence-corrected chi connectivity index (χ3v) is 2.81. The van der Waals surface area contributed by atoms with Gasteiger partial charge in [0, 0.05) is 27.2 Å². The molecule has 1 rings (SSSR count). The Morgan fingerprint density at radius 2 is 2.00 bits per heavy atom. The SMILES string of the molecule is CN=C(NCCOC)NCCc1ccc(F)cc1C.I. The highest BCUT2D eigenvalue weighted by molar-refractivity contribution is 14.0. The fraction of sp³-hybridized carbons (Fsp3) is 0.500. The number of hydrogen-bond donors (Lipinski definition) is 2. The molecule has 0 aliphatic rings. The minimum absolute atomic E-state index is 0. The van der Waals surface area contributed by atoms with Crippen LogP contribution in [0.1, 0.15) is 11.1 Å². The molecule has 0 spiro atoms. The second kappa shape index (κ2) is 10.8. The maximum absolute atomic E-state index is 13.0. The van der Waals surface area contributed by atoms with Crippen LogP contribution in [0.4, 0.5) is 4.39 Å². The summed E-state index contributed by atoms with van der Waals surface area (Å²) in [5.41, 5.74) is 2.12. The van der Waals surface area contributed by atoms with Gasteiger partial charge in [0.25, 0.3) is 0 Å². The first kappa shape index (κ1) is 19.1. The predicted octanol–water partition coefficient (Wildman–Crippen LogP) is 2.11. The first-order valence-corrected chi connectivity index (χ1v) is 6.36. The van der Waals surface area contributed by atoms with Crippen LogP contribution in [0.3, 0.4) is 0 Å². The molecule has 0 unspecified atom stereocenters. The number of methoxy groups -OCH3 is 1. The number of guanidine groups is 1. The molecule has 1 aromatic rings. The fourth-order valence-electron chi connectivity index (χ4n) is 1.75. The quantitative estimate of drug-likeness (QED) is 0.336. The van der Waals surface area contributed by atoms with Crippen LogP contribution in [0.2, 0.25) is 0 Å². The fourth-order valence-corrected chi connectivity index (χ4v) is 1.75. The van der Waals surface area contributed by atoms with Crippen molar-refractivity contribution in [3.05, 3.63) is 35.1 Å². The number of aliphatic imine (C=N–C) groups is 1. The van der Waals surface area contributed by atoms with E-state index in [0.29, 0.717) is 13.2 Å². The van der Waals surface area contributed by atoms with Gasteiger partial charge in [-0.05, 0) is 36.6 Å². The summed E-state index contributed by atoms with van der Waals surface area (Å²) in [7, 11) is 3.39. The topological polar surface area (TPSA) is 45.7 Å². The Morgan fingerprint density at radius 1 is 1.30 bits per heavy atom. The van der Waals surface area contributed by atoms with Gasteiger partial charge in [-0.15, -0.1) is 24.0 Å². The van der Waals surface area contributed by atoms with Crippen LogP contribution in [0.15, 0.2) is 23.2 Å². The lowest BCUT2D eigenvalue weighted by atomic mass is 10.1. The Bertz CT molecular complexity index is 427. The Hall–Kier alpha value is -0.890. The molecule has 0 aliphatic carbocycles. The van der Waals surface area contributed by atoms with Gasteiger partial charge in [0.1, 0.15) is 5.82 Å². The van der Waals surface area contributed by atoms with Gasteiger partial charge in [-0.25, -0.2) is 4.39 Å². The summed E-state index contributed by atoms with van der Waals surface area (Å²) in [6, 6.07) is 4.88. The molecule has 2 N–H and O–H groups in total. The molecular weight excluding hydrogens is 372 g/mol. The van der Waals surface area contributed by atoms with Crippen LogP contribution in [-0.2, 0) is 11.2 Å². The molecule has 0 saturated heterocycles. The van der Waals surface area contributed by atoms with Crippen LogP contribution in [0.25, 0.3) is 0 Å². The zero-order valence-electron chi connectivity index (χ0n) is 12.2. The number of nitrogens with one attached hydrogen (secondary N) is 2. The van der Waals surface area contributed by atoms with E-state index >= 15 is 0 Å². The number of halogens is 2.